The van der Waals surface area contributed by atoms with Gasteiger partial charge in [0.1, 0.15) is 0 Å². The number of benzene rings is 2. The van der Waals surface area contributed by atoms with Crippen LogP contribution in [0.2, 0.25) is 5.02 Å². The molecule has 0 radical (unpaired) electrons. The summed E-state index contributed by atoms with van der Waals surface area (Å²) in [6.07, 6.45) is 2.91. The van der Waals surface area contributed by atoms with Crippen molar-refractivity contribution in [3.8, 4) is 0 Å². The van der Waals surface area contributed by atoms with Gasteiger partial charge in [0.25, 0.3) is 0 Å². The van der Waals surface area contributed by atoms with E-state index >= 15 is 0 Å². The van der Waals surface area contributed by atoms with Crippen LogP contribution in [0.25, 0.3) is 0 Å². The van der Waals surface area contributed by atoms with Gasteiger partial charge in [-0.25, -0.2) is 0 Å². The van der Waals surface area contributed by atoms with Crippen molar-refractivity contribution in [3.63, 3.8) is 0 Å². The highest BCUT2D eigenvalue weighted by molar-refractivity contribution is 6.30. The second-order valence-corrected chi connectivity index (χ2v) is 4.98. The zero-order valence-electron chi connectivity index (χ0n) is 10.6. The molecular formula is C17H17Cl. The molecule has 0 heterocycles. The van der Waals surface area contributed by atoms with Crippen LogP contribution in [0.4, 0.5) is 0 Å². The smallest absolute Gasteiger partial charge is 0.0406 e. The van der Waals surface area contributed by atoms with Gasteiger partial charge in [-0.15, -0.1) is 6.58 Å². The Morgan fingerprint density at radius 3 is 2.00 bits per heavy atom. The van der Waals surface area contributed by atoms with Gasteiger partial charge in [0, 0.05) is 10.9 Å². The minimum Gasteiger partial charge on any atom is -0.103 e. The molecule has 0 aromatic heterocycles. The molecule has 2 aromatic carbocycles. The molecule has 0 nitrogen and oxygen atoms in total. The molecule has 1 unspecified atom stereocenters. The van der Waals surface area contributed by atoms with Gasteiger partial charge < -0.3 is 0 Å². The molecule has 1 atom stereocenters. The van der Waals surface area contributed by atoms with Gasteiger partial charge >= 0.3 is 0 Å². The van der Waals surface area contributed by atoms with E-state index in [9.17, 15) is 0 Å². The molecule has 0 fully saturated rings. The molecule has 0 amide bonds. The Bertz CT molecular complexity index is 463. The van der Waals surface area contributed by atoms with Crippen molar-refractivity contribution in [3.05, 3.63) is 82.9 Å². The Labute approximate surface area is 114 Å². The van der Waals surface area contributed by atoms with E-state index in [1.807, 2.05) is 18.2 Å². The summed E-state index contributed by atoms with van der Waals surface area (Å²) in [5, 5.41) is 0.778. The fraction of sp³-hybridized carbons (Fsp3) is 0.176. The predicted octanol–water partition coefficient (Wildman–Crippen LogP) is 5.36. The molecule has 0 bridgehead atoms. The summed E-state index contributed by atoms with van der Waals surface area (Å²) in [5.74, 6) is 0.361. The molecule has 0 aliphatic rings. The van der Waals surface area contributed by atoms with E-state index in [4.69, 9.17) is 11.6 Å². The number of rotatable bonds is 4. The number of hydrogen-bond acceptors (Lipinski definition) is 0. The highest BCUT2D eigenvalue weighted by atomic mass is 35.5. The molecule has 0 N–H and O–H groups in total. The Morgan fingerprint density at radius 2 is 1.50 bits per heavy atom. The quantitative estimate of drug-likeness (QED) is 0.647. The van der Waals surface area contributed by atoms with Crippen LogP contribution >= 0.6 is 11.6 Å². The molecule has 0 spiro atoms. The van der Waals surface area contributed by atoms with Gasteiger partial charge in [-0.1, -0.05) is 59.6 Å². The fourth-order valence-corrected chi connectivity index (χ4v) is 2.25. The molecule has 0 saturated carbocycles. The lowest BCUT2D eigenvalue weighted by Crippen LogP contribution is -1.99. The zero-order chi connectivity index (χ0) is 13.0. The normalized spacial score (nSPS) is 12.1. The third kappa shape index (κ3) is 3.02. The maximum absolute atomic E-state index is 5.94. The molecule has 0 aliphatic carbocycles. The van der Waals surface area contributed by atoms with E-state index < -0.39 is 0 Å². The van der Waals surface area contributed by atoms with Crippen molar-refractivity contribution in [2.75, 3.05) is 0 Å². The molecule has 2 rings (SSSR count). The Hall–Kier alpha value is -1.53. The molecule has 0 aliphatic heterocycles. The lowest BCUT2D eigenvalue weighted by molar-refractivity contribution is 0.830. The topological polar surface area (TPSA) is 0 Å². The lowest BCUT2D eigenvalue weighted by atomic mass is 9.88. The summed E-state index contributed by atoms with van der Waals surface area (Å²) < 4.78 is 0. The van der Waals surface area contributed by atoms with Crippen LogP contribution in [-0.2, 0) is 0 Å². The monoisotopic (exact) mass is 256 g/mol. The summed E-state index contributed by atoms with van der Waals surface area (Å²) in [6, 6.07) is 16.8. The third-order valence-corrected chi connectivity index (χ3v) is 3.41. The Morgan fingerprint density at radius 1 is 1.00 bits per heavy atom. The molecule has 2 aromatic rings. The minimum absolute atomic E-state index is 0.361. The van der Waals surface area contributed by atoms with Gasteiger partial charge in [0.15, 0.2) is 0 Å². The average Bonchev–Trinajstić information content (AvgIpc) is 2.39. The van der Waals surface area contributed by atoms with Crippen LogP contribution in [-0.4, -0.2) is 0 Å². The zero-order valence-corrected chi connectivity index (χ0v) is 11.3. The minimum atomic E-state index is 0.361. The molecule has 1 heteroatoms. The Balaban J connectivity index is 2.35. The first kappa shape index (κ1) is 12.9. The maximum atomic E-state index is 5.94. The van der Waals surface area contributed by atoms with Crippen LogP contribution < -0.4 is 0 Å². The van der Waals surface area contributed by atoms with E-state index in [-0.39, 0.29) is 0 Å². The SMILES string of the molecule is C=CCC(c1ccc(C)cc1)c1ccc(Cl)cc1. The van der Waals surface area contributed by atoms with Crippen LogP contribution in [0.1, 0.15) is 29.0 Å². The number of halogens is 1. The summed E-state index contributed by atoms with van der Waals surface area (Å²) in [6.45, 7) is 5.97. The van der Waals surface area contributed by atoms with Crippen molar-refractivity contribution in [2.45, 2.75) is 19.3 Å². The van der Waals surface area contributed by atoms with Crippen LogP contribution in [0.5, 0.6) is 0 Å². The Kier molecular flexibility index (Phi) is 4.22. The second kappa shape index (κ2) is 5.88. The van der Waals surface area contributed by atoms with Crippen LogP contribution in [0.3, 0.4) is 0 Å². The number of hydrogen-bond donors (Lipinski definition) is 0. The number of aryl methyl sites for hydroxylation is 1. The molecule has 18 heavy (non-hydrogen) atoms. The largest absolute Gasteiger partial charge is 0.103 e. The summed E-state index contributed by atoms with van der Waals surface area (Å²) >= 11 is 5.94. The molecular weight excluding hydrogens is 240 g/mol. The van der Waals surface area contributed by atoms with Gasteiger partial charge in [-0.05, 0) is 36.6 Å². The first-order valence-electron chi connectivity index (χ1n) is 6.13. The number of allylic oxidation sites excluding steroid dienone is 1. The van der Waals surface area contributed by atoms with E-state index in [1.54, 1.807) is 0 Å². The van der Waals surface area contributed by atoms with Gasteiger partial charge in [0.2, 0.25) is 0 Å². The van der Waals surface area contributed by atoms with Crippen molar-refractivity contribution >= 4 is 11.6 Å². The van der Waals surface area contributed by atoms with Crippen molar-refractivity contribution in [2.24, 2.45) is 0 Å². The van der Waals surface area contributed by atoms with Crippen LogP contribution in [0.15, 0.2) is 61.2 Å². The van der Waals surface area contributed by atoms with E-state index in [2.05, 4.69) is 49.9 Å². The first-order valence-corrected chi connectivity index (χ1v) is 6.51. The second-order valence-electron chi connectivity index (χ2n) is 4.54. The van der Waals surface area contributed by atoms with E-state index in [0.29, 0.717) is 5.92 Å². The molecule has 92 valence electrons. The third-order valence-electron chi connectivity index (χ3n) is 3.15. The van der Waals surface area contributed by atoms with Gasteiger partial charge in [-0.2, -0.15) is 0 Å². The van der Waals surface area contributed by atoms with Crippen molar-refractivity contribution in [1.29, 1.82) is 0 Å². The highest BCUT2D eigenvalue weighted by Gasteiger charge is 2.12. The molecule has 0 saturated heterocycles. The average molecular weight is 257 g/mol. The summed E-state index contributed by atoms with van der Waals surface area (Å²) in [4.78, 5) is 0. The standard InChI is InChI=1S/C17H17Cl/c1-3-4-17(14-7-5-13(2)6-8-14)15-9-11-16(18)12-10-15/h3,5-12,17H,1,4H2,2H3. The van der Waals surface area contributed by atoms with E-state index in [1.165, 1.54) is 16.7 Å². The fourth-order valence-electron chi connectivity index (χ4n) is 2.13. The van der Waals surface area contributed by atoms with Gasteiger partial charge in [0.05, 0.1) is 0 Å². The summed E-state index contributed by atoms with van der Waals surface area (Å²) in [7, 11) is 0. The van der Waals surface area contributed by atoms with Gasteiger partial charge in [-0.3, -0.25) is 0 Å². The maximum Gasteiger partial charge on any atom is 0.0406 e. The highest BCUT2D eigenvalue weighted by Crippen LogP contribution is 2.29. The van der Waals surface area contributed by atoms with Crippen molar-refractivity contribution in [1.82, 2.24) is 0 Å². The lowest BCUT2D eigenvalue weighted by Gasteiger charge is -2.16. The van der Waals surface area contributed by atoms with Crippen molar-refractivity contribution < 1.29 is 0 Å². The first-order chi connectivity index (χ1) is 8.70. The van der Waals surface area contributed by atoms with Crippen LogP contribution in [0, 0.1) is 6.92 Å². The van der Waals surface area contributed by atoms with E-state index in [0.717, 1.165) is 11.4 Å². The summed E-state index contributed by atoms with van der Waals surface area (Å²) in [5.41, 5.74) is 3.89. The predicted molar refractivity (Wildman–Crippen MR) is 79.3 cm³/mol.